The van der Waals surface area contributed by atoms with Crippen LogP contribution in [0.25, 0.3) is 0 Å². The monoisotopic (exact) mass is 388 g/mol. The van der Waals surface area contributed by atoms with Crippen molar-refractivity contribution in [2.24, 2.45) is 0 Å². The van der Waals surface area contributed by atoms with Gasteiger partial charge >= 0.3 is 0 Å². The first kappa shape index (κ1) is 18.7. The Morgan fingerprint density at radius 2 is 1.96 bits per heavy atom. The van der Waals surface area contributed by atoms with Crippen LogP contribution in [0.3, 0.4) is 0 Å². The van der Waals surface area contributed by atoms with Crippen LogP contribution in [0.5, 0.6) is 0 Å². The Morgan fingerprint density at radius 3 is 2.71 bits per heavy atom. The molecule has 9 heteroatoms. The molecule has 2 saturated heterocycles. The van der Waals surface area contributed by atoms with Gasteiger partial charge in [-0.25, -0.2) is 4.39 Å². The average molecular weight is 388 g/mol. The molecule has 1 unspecified atom stereocenters. The molecule has 3 aliphatic rings. The smallest absolute Gasteiger partial charge is 0.262 e. The number of hydrogen-bond donors (Lipinski definition) is 3. The number of halogens is 1. The van der Waals surface area contributed by atoms with Gasteiger partial charge in [0.25, 0.3) is 11.8 Å². The summed E-state index contributed by atoms with van der Waals surface area (Å²) in [5.41, 5.74) is 1.15. The number of hydrogen-bond acceptors (Lipinski definition) is 6. The maximum Gasteiger partial charge on any atom is 0.262 e. The first-order chi connectivity index (χ1) is 13.5. The first-order valence-electron chi connectivity index (χ1n) is 9.37. The highest BCUT2D eigenvalue weighted by atomic mass is 19.1. The number of carbonyl (C=O) groups excluding carboxylic acids is 4. The standard InChI is InChI=1S/C19H21FN4O4/c20-11-6-12(9-21-8-11)22-7-10-2-1-3-13-16(10)19(28)24(18(13)27)14-4-5-15(25)23-17(14)26/h1-3,11-12,14,21-22H,4-9H2,(H,23,25,26)/t11-,12+,14?/m1/s1. The van der Waals surface area contributed by atoms with Crippen molar-refractivity contribution in [2.75, 3.05) is 13.1 Å². The molecular weight excluding hydrogens is 367 g/mol. The first-order valence-corrected chi connectivity index (χ1v) is 9.37. The van der Waals surface area contributed by atoms with Gasteiger partial charge in [0.1, 0.15) is 12.2 Å². The number of amides is 4. The Hall–Kier alpha value is -2.65. The van der Waals surface area contributed by atoms with E-state index in [-0.39, 0.29) is 30.0 Å². The van der Waals surface area contributed by atoms with Gasteiger partial charge in [-0.05, 0) is 24.5 Å². The molecular formula is C19H21FN4O4. The predicted octanol–water partition coefficient (Wildman–Crippen LogP) is -0.123. The fourth-order valence-corrected chi connectivity index (χ4v) is 4.03. The maximum atomic E-state index is 13.5. The predicted molar refractivity (Wildman–Crippen MR) is 96.1 cm³/mol. The molecule has 0 aromatic heterocycles. The highest BCUT2D eigenvalue weighted by Crippen LogP contribution is 2.30. The van der Waals surface area contributed by atoms with Crippen molar-refractivity contribution in [1.29, 1.82) is 0 Å². The van der Waals surface area contributed by atoms with E-state index >= 15 is 0 Å². The largest absolute Gasteiger partial charge is 0.312 e. The summed E-state index contributed by atoms with van der Waals surface area (Å²) < 4.78 is 13.5. The van der Waals surface area contributed by atoms with E-state index in [9.17, 15) is 23.6 Å². The summed E-state index contributed by atoms with van der Waals surface area (Å²) in [6, 6.07) is 3.93. The number of carbonyl (C=O) groups is 4. The second kappa shape index (κ2) is 7.40. The van der Waals surface area contributed by atoms with Crippen LogP contribution in [0.4, 0.5) is 4.39 Å². The van der Waals surface area contributed by atoms with Crippen LogP contribution < -0.4 is 16.0 Å². The third-order valence-electron chi connectivity index (χ3n) is 5.43. The minimum Gasteiger partial charge on any atom is -0.312 e. The van der Waals surface area contributed by atoms with E-state index in [4.69, 9.17) is 0 Å². The zero-order valence-electron chi connectivity index (χ0n) is 15.2. The highest BCUT2D eigenvalue weighted by molar-refractivity contribution is 6.24. The highest BCUT2D eigenvalue weighted by Gasteiger charge is 2.45. The van der Waals surface area contributed by atoms with Crippen LogP contribution in [-0.2, 0) is 16.1 Å². The summed E-state index contributed by atoms with van der Waals surface area (Å²) >= 11 is 0. The summed E-state index contributed by atoms with van der Waals surface area (Å²) in [7, 11) is 0. The molecule has 28 heavy (non-hydrogen) atoms. The number of rotatable bonds is 4. The molecule has 3 aliphatic heterocycles. The number of nitrogens with one attached hydrogen (secondary N) is 3. The van der Waals surface area contributed by atoms with Crippen LogP contribution >= 0.6 is 0 Å². The zero-order chi connectivity index (χ0) is 19.8. The molecule has 148 valence electrons. The molecule has 0 saturated carbocycles. The molecule has 8 nitrogen and oxygen atoms in total. The van der Waals surface area contributed by atoms with E-state index in [2.05, 4.69) is 16.0 Å². The Balaban J connectivity index is 1.54. The number of piperidine rings is 2. The number of alkyl halides is 1. The Labute approximate surface area is 160 Å². The summed E-state index contributed by atoms with van der Waals surface area (Å²) in [4.78, 5) is 50.3. The normalized spacial score (nSPS) is 27.8. The van der Waals surface area contributed by atoms with Gasteiger partial charge in [0.05, 0.1) is 11.1 Å². The zero-order valence-corrected chi connectivity index (χ0v) is 15.2. The van der Waals surface area contributed by atoms with E-state index in [1.165, 1.54) is 0 Å². The number of benzene rings is 1. The number of imide groups is 2. The van der Waals surface area contributed by atoms with Crippen molar-refractivity contribution in [2.45, 2.75) is 44.1 Å². The van der Waals surface area contributed by atoms with Gasteiger partial charge in [-0.2, -0.15) is 0 Å². The van der Waals surface area contributed by atoms with E-state index in [1.54, 1.807) is 18.2 Å². The topological polar surface area (TPSA) is 108 Å². The molecule has 1 aromatic carbocycles. The van der Waals surface area contributed by atoms with Crippen molar-refractivity contribution in [3.63, 3.8) is 0 Å². The van der Waals surface area contributed by atoms with Crippen molar-refractivity contribution >= 4 is 23.6 Å². The minimum atomic E-state index is -0.985. The van der Waals surface area contributed by atoms with Gasteiger partial charge in [0, 0.05) is 32.1 Å². The molecule has 3 N–H and O–H groups in total. The SMILES string of the molecule is O=C1CCC(N2C(=O)c3cccc(CN[C@@H]4CNC[C@H](F)C4)c3C2=O)C(=O)N1. The van der Waals surface area contributed by atoms with Crippen LogP contribution in [0, 0.1) is 0 Å². The summed E-state index contributed by atoms with van der Waals surface area (Å²) in [5.74, 6) is -2.10. The minimum absolute atomic E-state index is 0.0712. The lowest BCUT2D eigenvalue weighted by atomic mass is 10.0. The molecule has 2 fully saturated rings. The molecule has 1 aromatic rings. The van der Waals surface area contributed by atoms with Crippen molar-refractivity contribution in [1.82, 2.24) is 20.9 Å². The summed E-state index contributed by atoms with van der Waals surface area (Å²) in [6.07, 6.45) is -0.330. The van der Waals surface area contributed by atoms with Crippen molar-refractivity contribution in [3.8, 4) is 0 Å². The van der Waals surface area contributed by atoms with E-state index in [0.717, 1.165) is 4.90 Å². The van der Waals surface area contributed by atoms with Crippen molar-refractivity contribution < 1.29 is 23.6 Å². The van der Waals surface area contributed by atoms with Crippen LogP contribution in [-0.4, -0.2) is 59.9 Å². The molecule has 0 radical (unpaired) electrons. The molecule has 0 bridgehead atoms. The molecule has 3 atom stereocenters. The molecule has 0 aliphatic carbocycles. The third-order valence-corrected chi connectivity index (χ3v) is 5.43. The Bertz CT molecular complexity index is 858. The number of nitrogens with zero attached hydrogens (tertiary/aromatic N) is 1. The molecule has 4 amide bonds. The lowest BCUT2D eigenvalue weighted by Crippen LogP contribution is -2.54. The van der Waals surface area contributed by atoms with Gasteiger partial charge in [0.15, 0.2) is 0 Å². The summed E-state index contributed by atoms with van der Waals surface area (Å²) in [5, 5.41) is 8.42. The Morgan fingerprint density at radius 1 is 1.14 bits per heavy atom. The third kappa shape index (κ3) is 3.31. The fourth-order valence-electron chi connectivity index (χ4n) is 4.03. The second-order valence-corrected chi connectivity index (χ2v) is 7.36. The fraction of sp³-hybridized carbons (Fsp3) is 0.474. The van der Waals surface area contributed by atoms with Crippen LogP contribution in [0.1, 0.15) is 45.5 Å². The van der Waals surface area contributed by atoms with Crippen molar-refractivity contribution in [3.05, 3.63) is 34.9 Å². The molecule has 0 spiro atoms. The van der Waals surface area contributed by atoms with Gasteiger partial charge in [-0.15, -0.1) is 0 Å². The lowest BCUT2D eigenvalue weighted by Gasteiger charge is -2.28. The quantitative estimate of drug-likeness (QED) is 0.621. The number of fused-ring (bicyclic) bond motifs is 1. The van der Waals surface area contributed by atoms with Crippen LogP contribution in [0.2, 0.25) is 0 Å². The average Bonchev–Trinajstić information content (AvgIpc) is 2.92. The van der Waals surface area contributed by atoms with Gasteiger partial charge in [0.2, 0.25) is 11.8 Å². The van der Waals surface area contributed by atoms with E-state index in [0.29, 0.717) is 31.6 Å². The molecule has 4 rings (SSSR count). The van der Waals surface area contributed by atoms with Gasteiger partial charge in [-0.1, -0.05) is 12.1 Å². The van der Waals surface area contributed by atoms with Gasteiger partial charge < -0.3 is 10.6 Å². The van der Waals surface area contributed by atoms with E-state index < -0.39 is 35.8 Å². The molecule has 3 heterocycles. The lowest BCUT2D eigenvalue weighted by molar-refractivity contribution is -0.136. The maximum absolute atomic E-state index is 13.5. The summed E-state index contributed by atoms with van der Waals surface area (Å²) in [6.45, 7) is 1.28. The van der Waals surface area contributed by atoms with Crippen LogP contribution in [0.15, 0.2) is 18.2 Å². The second-order valence-electron chi connectivity index (χ2n) is 7.36. The van der Waals surface area contributed by atoms with E-state index in [1.807, 2.05) is 0 Å². The van der Waals surface area contributed by atoms with Gasteiger partial charge in [-0.3, -0.25) is 29.4 Å². The Kier molecular flexibility index (Phi) is 4.94.